The quantitative estimate of drug-likeness (QED) is 0.719. The predicted octanol–water partition coefficient (Wildman–Crippen LogP) is 4.66. The summed E-state index contributed by atoms with van der Waals surface area (Å²) >= 11 is 6.82. The first-order chi connectivity index (χ1) is 8.08. The molecule has 0 aliphatic heterocycles. The molecule has 1 atom stereocenters. The van der Waals surface area contributed by atoms with Crippen molar-refractivity contribution >= 4 is 28.4 Å². The summed E-state index contributed by atoms with van der Waals surface area (Å²) in [6, 6.07) is 10.3. The Labute approximate surface area is 114 Å². The van der Waals surface area contributed by atoms with Crippen molar-refractivity contribution in [3.05, 3.63) is 35.9 Å². The van der Waals surface area contributed by atoms with Crippen molar-refractivity contribution in [2.24, 2.45) is 5.92 Å². The van der Waals surface area contributed by atoms with Crippen LogP contribution in [0.2, 0.25) is 0 Å². The Bertz CT molecular complexity index is 335. The molecular formula is C14H20OS2. The average molecular weight is 268 g/mol. The molecule has 3 heteroatoms. The number of rotatable bonds is 5. The normalized spacial score (nSPS) is 12.5. The third-order valence-corrected chi connectivity index (χ3v) is 3.56. The van der Waals surface area contributed by atoms with Crippen LogP contribution in [0, 0.1) is 5.92 Å². The molecule has 0 aliphatic carbocycles. The van der Waals surface area contributed by atoms with Crippen LogP contribution in [0.25, 0.3) is 0 Å². The molecular weight excluding hydrogens is 248 g/mol. The van der Waals surface area contributed by atoms with E-state index in [1.165, 1.54) is 5.56 Å². The third-order valence-electron chi connectivity index (χ3n) is 2.30. The maximum atomic E-state index is 5.68. The lowest BCUT2D eigenvalue weighted by Crippen LogP contribution is -2.13. The molecule has 94 valence electrons. The number of hydrogen-bond donors (Lipinski definition) is 0. The summed E-state index contributed by atoms with van der Waals surface area (Å²) < 4.78 is 6.33. The van der Waals surface area contributed by atoms with Gasteiger partial charge in [0.15, 0.2) is 0 Å². The maximum Gasteiger partial charge on any atom is 0.220 e. The van der Waals surface area contributed by atoms with Gasteiger partial charge in [0.1, 0.15) is 0 Å². The van der Waals surface area contributed by atoms with Crippen LogP contribution in [0.5, 0.6) is 0 Å². The molecule has 1 unspecified atom stereocenters. The third kappa shape index (κ3) is 6.69. The Kier molecular flexibility index (Phi) is 6.60. The molecule has 0 heterocycles. The van der Waals surface area contributed by atoms with Crippen LogP contribution in [0.1, 0.15) is 32.8 Å². The zero-order chi connectivity index (χ0) is 12.7. The van der Waals surface area contributed by atoms with Gasteiger partial charge in [-0.15, -0.1) is 0 Å². The van der Waals surface area contributed by atoms with Gasteiger partial charge in [-0.3, -0.25) is 0 Å². The first kappa shape index (κ1) is 14.5. The highest BCUT2D eigenvalue weighted by atomic mass is 32.2. The second-order valence-corrected chi connectivity index (χ2v) is 6.16. The van der Waals surface area contributed by atoms with Gasteiger partial charge >= 0.3 is 0 Å². The summed E-state index contributed by atoms with van der Waals surface area (Å²) in [6.45, 7) is 6.47. The monoisotopic (exact) mass is 268 g/mol. The van der Waals surface area contributed by atoms with Gasteiger partial charge in [0.25, 0.3) is 0 Å². The summed E-state index contributed by atoms with van der Waals surface area (Å²) in [5.74, 6) is 1.53. The van der Waals surface area contributed by atoms with E-state index in [0.717, 1.165) is 12.2 Å². The Hall–Kier alpha value is -0.540. The number of thiocarbonyl (C=S) groups is 1. The summed E-state index contributed by atoms with van der Waals surface area (Å²) in [7, 11) is 0. The molecule has 0 radical (unpaired) electrons. The smallest absolute Gasteiger partial charge is 0.220 e. The number of ether oxygens (including phenoxy) is 1. The van der Waals surface area contributed by atoms with E-state index in [0.29, 0.717) is 10.3 Å². The van der Waals surface area contributed by atoms with E-state index in [1.54, 1.807) is 11.8 Å². The van der Waals surface area contributed by atoms with Gasteiger partial charge in [0.05, 0.1) is 6.10 Å². The minimum Gasteiger partial charge on any atom is -0.476 e. The van der Waals surface area contributed by atoms with Gasteiger partial charge < -0.3 is 4.74 Å². The highest BCUT2D eigenvalue weighted by Crippen LogP contribution is 2.17. The zero-order valence-electron chi connectivity index (χ0n) is 10.7. The van der Waals surface area contributed by atoms with Crippen LogP contribution in [0.15, 0.2) is 30.3 Å². The van der Waals surface area contributed by atoms with Crippen molar-refractivity contribution in [1.29, 1.82) is 0 Å². The SMILES string of the molecule is CC(C)CC(C)OC(=S)SCc1ccccc1. The van der Waals surface area contributed by atoms with Crippen molar-refractivity contribution in [3.63, 3.8) is 0 Å². The van der Waals surface area contributed by atoms with Crippen molar-refractivity contribution in [2.45, 2.75) is 39.0 Å². The van der Waals surface area contributed by atoms with Gasteiger partial charge in [0.2, 0.25) is 4.38 Å². The second kappa shape index (κ2) is 7.72. The molecule has 0 aliphatic rings. The zero-order valence-corrected chi connectivity index (χ0v) is 12.3. The Balaban J connectivity index is 2.26. The molecule has 0 amide bonds. The van der Waals surface area contributed by atoms with Crippen molar-refractivity contribution in [1.82, 2.24) is 0 Å². The minimum atomic E-state index is 0.214. The molecule has 0 aromatic heterocycles. The van der Waals surface area contributed by atoms with Crippen LogP contribution < -0.4 is 0 Å². The van der Waals surface area contributed by atoms with Crippen molar-refractivity contribution in [2.75, 3.05) is 0 Å². The summed E-state index contributed by atoms with van der Waals surface area (Å²) in [5.41, 5.74) is 1.28. The van der Waals surface area contributed by atoms with Gasteiger partial charge in [-0.2, -0.15) is 0 Å². The van der Waals surface area contributed by atoms with E-state index in [1.807, 2.05) is 18.2 Å². The molecule has 1 aromatic carbocycles. The lowest BCUT2D eigenvalue weighted by molar-refractivity contribution is 0.192. The van der Waals surface area contributed by atoms with Crippen molar-refractivity contribution < 1.29 is 4.74 Å². The van der Waals surface area contributed by atoms with Gasteiger partial charge in [-0.1, -0.05) is 55.9 Å². The predicted molar refractivity (Wildman–Crippen MR) is 80.3 cm³/mol. The van der Waals surface area contributed by atoms with Crippen LogP contribution in [0.3, 0.4) is 0 Å². The Morgan fingerprint density at radius 1 is 1.24 bits per heavy atom. The Morgan fingerprint density at radius 3 is 2.47 bits per heavy atom. The van der Waals surface area contributed by atoms with Crippen LogP contribution in [-0.4, -0.2) is 10.5 Å². The molecule has 17 heavy (non-hydrogen) atoms. The van der Waals surface area contributed by atoms with E-state index in [2.05, 4.69) is 32.9 Å². The number of thioether (sulfide) groups is 1. The second-order valence-electron chi connectivity index (χ2n) is 4.58. The fraction of sp³-hybridized carbons (Fsp3) is 0.500. The fourth-order valence-electron chi connectivity index (χ4n) is 1.63. The van der Waals surface area contributed by atoms with E-state index in [-0.39, 0.29) is 6.10 Å². The molecule has 0 saturated carbocycles. The van der Waals surface area contributed by atoms with Gasteiger partial charge in [-0.05, 0) is 37.0 Å². The maximum absolute atomic E-state index is 5.68. The van der Waals surface area contributed by atoms with Gasteiger partial charge in [-0.25, -0.2) is 0 Å². The molecule has 1 aromatic rings. The topological polar surface area (TPSA) is 9.23 Å². The Morgan fingerprint density at radius 2 is 1.88 bits per heavy atom. The molecule has 1 rings (SSSR count). The molecule has 0 saturated heterocycles. The molecule has 0 fully saturated rings. The number of hydrogen-bond acceptors (Lipinski definition) is 3. The number of benzene rings is 1. The molecule has 0 spiro atoms. The molecule has 1 nitrogen and oxygen atoms in total. The molecule has 0 N–H and O–H groups in total. The lowest BCUT2D eigenvalue weighted by atomic mass is 10.1. The largest absolute Gasteiger partial charge is 0.476 e. The van der Waals surface area contributed by atoms with E-state index in [9.17, 15) is 0 Å². The first-order valence-electron chi connectivity index (χ1n) is 5.95. The highest BCUT2D eigenvalue weighted by Gasteiger charge is 2.08. The van der Waals surface area contributed by atoms with E-state index in [4.69, 9.17) is 17.0 Å². The average Bonchev–Trinajstić information content (AvgIpc) is 2.26. The lowest BCUT2D eigenvalue weighted by Gasteiger charge is -2.16. The van der Waals surface area contributed by atoms with Crippen LogP contribution in [-0.2, 0) is 10.5 Å². The van der Waals surface area contributed by atoms with Crippen LogP contribution in [0.4, 0.5) is 0 Å². The molecule has 0 bridgehead atoms. The van der Waals surface area contributed by atoms with Crippen molar-refractivity contribution in [3.8, 4) is 0 Å². The summed E-state index contributed by atoms with van der Waals surface area (Å²) in [5, 5.41) is 0. The van der Waals surface area contributed by atoms with Gasteiger partial charge in [0, 0.05) is 5.75 Å². The fourth-order valence-corrected chi connectivity index (χ4v) is 2.68. The van der Waals surface area contributed by atoms with E-state index < -0.39 is 0 Å². The summed E-state index contributed by atoms with van der Waals surface area (Å²) in [4.78, 5) is 0. The minimum absolute atomic E-state index is 0.214. The standard InChI is InChI=1S/C14H20OS2/c1-11(2)9-12(3)15-14(16)17-10-13-7-5-4-6-8-13/h4-8,11-12H,9-10H2,1-3H3. The summed E-state index contributed by atoms with van der Waals surface area (Å²) in [6.07, 6.45) is 1.26. The first-order valence-corrected chi connectivity index (χ1v) is 7.34. The van der Waals surface area contributed by atoms with E-state index >= 15 is 0 Å². The van der Waals surface area contributed by atoms with Crippen LogP contribution >= 0.6 is 24.0 Å². The highest BCUT2D eigenvalue weighted by molar-refractivity contribution is 8.22.